The van der Waals surface area contributed by atoms with Gasteiger partial charge < -0.3 is 4.74 Å². The van der Waals surface area contributed by atoms with Gasteiger partial charge in [-0.25, -0.2) is 0 Å². The number of aryl methyl sites for hydroxylation is 1. The first-order chi connectivity index (χ1) is 10.0. The van der Waals surface area contributed by atoms with E-state index in [1.807, 2.05) is 23.9 Å². The Hall–Kier alpha value is -0.990. The maximum atomic E-state index is 6.14. The van der Waals surface area contributed by atoms with Gasteiger partial charge in [-0.05, 0) is 31.9 Å². The number of rotatable bonds is 5. The first-order valence-electron chi connectivity index (χ1n) is 7.68. The first-order valence-corrected chi connectivity index (χ1v) is 8.56. The molecule has 0 unspecified atom stereocenters. The molecule has 1 aliphatic heterocycles. The smallest absolute Gasteiger partial charge is 0.0782 e. The van der Waals surface area contributed by atoms with Gasteiger partial charge in [0.15, 0.2) is 0 Å². The van der Waals surface area contributed by atoms with Gasteiger partial charge in [0.2, 0.25) is 0 Å². The number of benzene rings is 1. The highest BCUT2D eigenvalue weighted by Gasteiger charge is 2.37. The van der Waals surface area contributed by atoms with E-state index >= 15 is 0 Å². The Labute approximate surface area is 133 Å². The molecule has 0 radical (unpaired) electrons. The van der Waals surface area contributed by atoms with E-state index in [1.165, 1.54) is 16.9 Å². The Morgan fingerprint density at radius 3 is 2.67 bits per heavy atom. The number of ether oxygens (including phenoxy) is 1. The fraction of sp³-hybridized carbons (Fsp3) is 0.474. The van der Waals surface area contributed by atoms with E-state index in [-0.39, 0.29) is 11.5 Å². The summed E-state index contributed by atoms with van der Waals surface area (Å²) in [6.45, 7) is 11.3. The molecule has 0 amide bonds. The minimum Gasteiger partial charge on any atom is -0.376 e. The molecular weight excluding hydrogens is 276 g/mol. The lowest BCUT2D eigenvalue weighted by Crippen LogP contribution is -2.42. The average Bonchev–Trinajstić information content (AvgIpc) is 2.48. The van der Waals surface area contributed by atoms with Crippen LogP contribution in [0.2, 0.25) is 0 Å². The van der Waals surface area contributed by atoms with Crippen LogP contribution >= 0.6 is 11.8 Å². The number of hydrogen-bond donors (Lipinski definition) is 0. The van der Waals surface area contributed by atoms with Crippen LogP contribution in [0.15, 0.2) is 54.0 Å². The van der Waals surface area contributed by atoms with Crippen LogP contribution in [-0.2, 0) is 4.74 Å². The van der Waals surface area contributed by atoms with Crippen molar-refractivity contribution >= 4 is 11.8 Å². The van der Waals surface area contributed by atoms with E-state index in [9.17, 15) is 0 Å². The molecule has 1 aliphatic rings. The molecule has 2 rings (SSSR count). The minimum atomic E-state index is 0.0248. The zero-order valence-electron chi connectivity index (χ0n) is 13.3. The maximum absolute atomic E-state index is 6.14. The summed E-state index contributed by atoms with van der Waals surface area (Å²) in [6.07, 6.45) is 8.71. The van der Waals surface area contributed by atoms with E-state index in [4.69, 9.17) is 4.74 Å². The molecule has 0 saturated carbocycles. The fourth-order valence-electron chi connectivity index (χ4n) is 2.77. The predicted molar refractivity (Wildman–Crippen MR) is 92.9 cm³/mol. The Kier molecular flexibility index (Phi) is 5.72. The van der Waals surface area contributed by atoms with Crippen LogP contribution in [0.4, 0.5) is 0 Å². The molecule has 1 aromatic carbocycles. The van der Waals surface area contributed by atoms with Crippen molar-refractivity contribution in [3.05, 3.63) is 54.6 Å². The van der Waals surface area contributed by atoms with Gasteiger partial charge in [-0.1, -0.05) is 56.4 Å². The standard InChI is InChI=1S/C19H26OS/c1-5-6-13-19(3,4)18-17(8-7-14-20-18)21-16-11-9-15(2)10-12-16/h5-6,9-13,17-18H,1,7-8,14H2,2-4H3/b13-6+/t17-,18-/m1/s1. The van der Waals surface area contributed by atoms with E-state index in [1.54, 1.807) is 0 Å². The third-order valence-electron chi connectivity index (χ3n) is 3.97. The Bertz CT molecular complexity index is 487. The van der Waals surface area contributed by atoms with Gasteiger partial charge in [0.1, 0.15) is 0 Å². The van der Waals surface area contributed by atoms with Gasteiger partial charge in [0, 0.05) is 22.2 Å². The highest BCUT2D eigenvalue weighted by Crippen LogP contribution is 2.40. The van der Waals surface area contributed by atoms with Crippen molar-refractivity contribution in [3.8, 4) is 0 Å². The van der Waals surface area contributed by atoms with Gasteiger partial charge in [-0.2, -0.15) is 0 Å². The third-order valence-corrected chi connectivity index (χ3v) is 5.30. The van der Waals surface area contributed by atoms with Crippen LogP contribution in [-0.4, -0.2) is 18.0 Å². The Balaban J connectivity index is 2.13. The Morgan fingerprint density at radius 2 is 2.00 bits per heavy atom. The highest BCUT2D eigenvalue weighted by molar-refractivity contribution is 8.00. The van der Waals surface area contributed by atoms with Crippen molar-refractivity contribution in [2.75, 3.05) is 6.61 Å². The number of hydrogen-bond acceptors (Lipinski definition) is 2. The summed E-state index contributed by atoms with van der Waals surface area (Å²) in [7, 11) is 0. The molecule has 0 aliphatic carbocycles. The van der Waals surface area contributed by atoms with E-state index in [0.717, 1.165) is 13.0 Å². The number of allylic oxidation sites excluding steroid dienone is 2. The van der Waals surface area contributed by atoms with Crippen molar-refractivity contribution < 1.29 is 4.74 Å². The van der Waals surface area contributed by atoms with Crippen LogP contribution in [0, 0.1) is 12.3 Å². The SMILES string of the molecule is C=C/C=C/C(C)(C)[C@@H]1OCCC[C@H]1Sc1ccc(C)cc1. The number of thioether (sulfide) groups is 1. The summed E-state index contributed by atoms with van der Waals surface area (Å²) in [5.74, 6) is 0. The summed E-state index contributed by atoms with van der Waals surface area (Å²) >= 11 is 1.96. The molecule has 1 nitrogen and oxygen atoms in total. The molecule has 2 heteroatoms. The summed E-state index contributed by atoms with van der Waals surface area (Å²) in [4.78, 5) is 1.34. The van der Waals surface area contributed by atoms with Gasteiger partial charge in [0.25, 0.3) is 0 Å². The predicted octanol–water partition coefficient (Wildman–Crippen LogP) is 5.40. The van der Waals surface area contributed by atoms with Crippen molar-refractivity contribution in [2.24, 2.45) is 5.41 Å². The van der Waals surface area contributed by atoms with Crippen molar-refractivity contribution in [1.29, 1.82) is 0 Å². The van der Waals surface area contributed by atoms with Crippen LogP contribution in [0.5, 0.6) is 0 Å². The molecule has 1 aromatic rings. The molecule has 0 bridgehead atoms. The van der Waals surface area contributed by atoms with Crippen LogP contribution in [0.25, 0.3) is 0 Å². The van der Waals surface area contributed by atoms with Crippen LogP contribution in [0.1, 0.15) is 32.3 Å². The second-order valence-corrected chi connectivity index (χ2v) is 7.63. The monoisotopic (exact) mass is 302 g/mol. The van der Waals surface area contributed by atoms with Gasteiger partial charge in [-0.15, -0.1) is 11.8 Å². The third kappa shape index (κ3) is 4.49. The van der Waals surface area contributed by atoms with Crippen molar-refractivity contribution in [1.82, 2.24) is 0 Å². The molecule has 0 aromatic heterocycles. The molecule has 1 saturated heterocycles. The quantitative estimate of drug-likeness (QED) is 0.673. The summed E-state index contributed by atoms with van der Waals surface area (Å²) in [5.41, 5.74) is 1.33. The molecule has 1 fully saturated rings. The lowest BCUT2D eigenvalue weighted by molar-refractivity contribution is -0.0317. The largest absolute Gasteiger partial charge is 0.376 e. The molecule has 21 heavy (non-hydrogen) atoms. The van der Waals surface area contributed by atoms with Crippen LogP contribution in [0.3, 0.4) is 0 Å². The summed E-state index contributed by atoms with van der Waals surface area (Å²) in [5, 5.41) is 0.505. The zero-order valence-corrected chi connectivity index (χ0v) is 14.2. The van der Waals surface area contributed by atoms with E-state index in [0.29, 0.717) is 5.25 Å². The van der Waals surface area contributed by atoms with Crippen molar-refractivity contribution in [2.45, 2.75) is 49.9 Å². The highest BCUT2D eigenvalue weighted by atomic mass is 32.2. The van der Waals surface area contributed by atoms with Gasteiger partial charge >= 0.3 is 0 Å². The van der Waals surface area contributed by atoms with Crippen LogP contribution < -0.4 is 0 Å². The zero-order chi connectivity index (χ0) is 15.3. The van der Waals surface area contributed by atoms with Gasteiger partial charge in [0.05, 0.1) is 6.10 Å². The molecule has 0 N–H and O–H groups in total. The summed E-state index contributed by atoms with van der Waals surface area (Å²) in [6, 6.07) is 8.81. The second-order valence-electron chi connectivity index (χ2n) is 6.32. The molecular formula is C19H26OS. The molecule has 114 valence electrons. The Morgan fingerprint density at radius 1 is 1.29 bits per heavy atom. The summed E-state index contributed by atoms with van der Waals surface area (Å²) < 4.78 is 6.14. The van der Waals surface area contributed by atoms with Crippen molar-refractivity contribution in [3.63, 3.8) is 0 Å². The van der Waals surface area contributed by atoms with E-state index < -0.39 is 0 Å². The normalized spacial score (nSPS) is 23.4. The second kappa shape index (κ2) is 7.33. The average molecular weight is 302 g/mol. The van der Waals surface area contributed by atoms with E-state index in [2.05, 4.69) is 57.7 Å². The lowest BCUT2D eigenvalue weighted by atomic mass is 9.82. The topological polar surface area (TPSA) is 9.23 Å². The molecule has 1 heterocycles. The molecule has 0 spiro atoms. The lowest BCUT2D eigenvalue weighted by Gasteiger charge is -2.40. The minimum absolute atomic E-state index is 0.0248. The molecule has 2 atom stereocenters. The fourth-order valence-corrected chi connectivity index (χ4v) is 4.25. The first kappa shape index (κ1) is 16.4. The maximum Gasteiger partial charge on any atom is 0.0782 e. The van der Waals surface area contributed by atoms with Gasteiger partial charge in [-0.3, -0.25) is 0 Å².